The second-order valence-electron chi connectivity index (χ2n) is 34.5. The Kier molecular flexibility index (Phi) is 32.4. The lowest BCUT2D eigenvalue weighted by atomic mass is 9.79. The van der Waals surface area contributed by atoms with Gasteiger partial charge in [-0.25, -0.2) is 0 Å². The highest BCUT2D eigenvalue weighted by molar-refractivity contribution is 6.30. The third kappa shape index (κ3) is 24.4. The summed E-state index contributed by atoms with van der Waals surface area (Å²) < 4.78 is 13.5. The van der Waals surface area contributed by atoms with Crippen molar-refractivity contribution in [2.75, 3.05) is 34.2 Å². The highest BCUT2D eigenvalue weighted by Gasteiger charge is 2.45. The van der Waals surface area contributed by atoms with Crippen molar-refractivity contribution in [3.8, 4) is 5.75 Å². The maximum Gasteiger partial charge on any atom is 0.305 e. The molecule has 0 aliphatic carbocycles. The minimum atomic E-state index is -1.53. The monoisotopic (exact) mass is 1760 g/mol. The van der Waals surface area contributed by atoms with E-state index < -0.39 is 143 Å². The number of fused-ring (bicyclic) bond motifs is 2. The number of halogens is 1. The van der Waals surface area contributed by atoms with Crippen LogP contribution >= 0.6 is 11.6 Å². The lowest BCUT2D eigenvalue weighted by Crippen LogP contribution is -2.62. The van der Waals surface area contributed by atoms with E-state index in [9.17, 15) is 19.5 Å². The van der Waals surface area contributed by atoms with E-state index >= 15 is 33.6 Å². The predicted octanol–water partition coefficient (Wildman–Crippen LogP) is 12.4. The first-order chi connectivity index (χ1) is 62.0. The number of likely N-dealkylation sites (N-methyl/N-ethyl adjacent to an activating group) is 3. The first-order valence-electron chi connectivity index (χ1n) is 44.1. The van der Waals surface area contributed by atoms with E-state index in [1.54, 1.807) is 140 Å². The Morgan fingerprint density at radius 3 is 1.32 bits per heavy atom. The van der Waals surface area contributed by atoms with Gasteiger partial charge in [-0.2, -0.15) is 0 Å². The number of nitrogens with one attached hydrogen (secondary N) is 7. The number of carbonyl (C=O) groups excluding carboxylic acids is 9. The number of rotatable bonds is 40. The topological polar surface area (TPSA) is 340 Å². The van der Waals surface area contributed by atoms with Crippen molar-refractivity contribution in [2.24, 2.45) is 11.7 Å². The smallest absolute Gasteiger partial charge is 0.305 e. The van der Waals surface area contributed by atoms with Crippen LogP contribution in [0.3, 0.4) is 0 Å². The second kappa shape index (κ2) is 44.0. The first-order valence-corrected chi connectivity index (χ1v) is 44.5. The third-order valence-corrected chi connectivity index (χ3v) is 24.4. The molecule has 129 heavy (non-hydrogen) atoms. The Labute approximate surface area is 758 Å². The summed E-state index contributed by atoms with van der Waals surface area (Å²) in [6.07, 6.45) is 3.51. The lowest BCUT2D eigenvalue weighted by molar-refractivity contribution is -0.146. The summed E-state index contributed by atoms with van der Waals surface area (Å²) in [4.78, 5) is 165. The van der Waals surface area contributed by atoms with Gasteiger partial charge in [0.25, 0.3) is 0 Å². The number of piperidine rings is 1. The molecule has 0 saturated carbocycles. The Balaban J connectivity index is 0.887. The molecule has 0 unspecified atom stereocenters. The molecule has 0 radical (unpaired) electrons. The molecule has 674 valence electrons. The zero-order chi connectivity index (χ0) is 92.1. The number of H-pyrrole nitrogens is 2. The standard InChI is InChI=1S/C103H117ClN12O13/c1-10-66(2)92(97(123)111-86(63-90(117)118)100(126)116-54-31-16-32-55-116)112-96(122)88(59-69-36-19-12-20-37-69)114(8)99(125)85(62-73-65-107-82-49-30-28-47-80(73)82)110-95(121)87(58-68-34-17-11-18-35-68)113(7)98(124)84(61-72-64-106-81-48-29-27-46-79(72)81)109-93(119)83(57-70-50-52-78(53-51-70)129-102(4,5)6)108-94(120)89(60-71-38-33-45-77(104)56-71)115(9)101(127)91(105)67(3)128-103(74-39-21-13-22-40-74,75-41-23-14-24-42-75)76-43-25-15-26-44-76/h11-15,17-30,33-53,56,64-67,83-89,91-92,106-107H,10,16,31-32,54-55,57-63,105H2,1-9H3,(H,108,120)(H,109,119)(H,110,121)(H,111,123)(H,112,122)(H,117,118)/t66-,67+,83+,84-,85-,86-,87-,88-,89-,91-,92-/m0/s1. The largest absolute Gasteiger partial charge is 0.488 e. The van der Waals surface area contributed by atoms with E-state index in [-0.39, 0.29) is 38.5 Å². The second-order valence-corrected chi connectivity index (χ2v) is 35.0. The van der Waals surface area contributed by atoms with Crippen molar-refractivity contribution in [2.45, 2.75) is 184 Å². The maximum atomic E-state index is 16.5. The molecule has 1 saturated heterocycles. The summed E-state index contributed by atoms with van der Waals surface area (Å²) in [5.74, 6) is -8.06. The molecule has 10 N–H and O–H groups in total. The summed E-state index contributed by atoms with van der Waals surface area (Å²) in [5, 5.41) is 26.7. The number of carbonyl (C=O) groups is 10. The summed E-state index contributed by atoms with van der Waals surface area (Å²) in [6.45, 7) is 11.8. The van der Waals surface area contributed by atoms with Gasteiger partial charge in [-0.05, 0) is 139 Å². The molecule has 12 rings (SSSR count). The number of nitrogens with zero attached hydrogens (tertiary/aromatic N) is 4. The van der Waals surface area contributed by atoms with Crippen molar-refractivity contribution in [1.29, 1.82) is 0 Å². The molecular weight excluding hydrogens is 1650 g/mol. The van der Waals surface area contributed by atoms with E-state index in [1.807, 2.05) is 167 Å². The van der Waals surface area contributed by atoms with E-state index in [2.05, 4.69) is 36.6 Å². The van der Waals surface area contributed by atoms with E-state index in [0.29, 0.717) is 76.5 Å². The zero-order valence-corrected chi connectivity index (χ0v) is 75.2. The molecule has 25 nitrogen and oxygen atoms in total. The fourth-order valence-corrected chi connectivity index (χ4v) is 17.1. The number of aromatic nitrogens is 2. The number of para-hydroxylation sites is 2. The number of amides is 9. The van der Waals surface area contributed by atoms with Gasteiger partial charge in [0.1, 0.15) is 71.3 Å². The van der Waals surface area contributed by atoms with E-state index in [0.717, 1.165) is 44.9 Å². The van der Waals surface area contributed by atoms with Crippen molar-refractivity contribution < 1.29 is 62.5 Å². The van der Waals surface area contributed by atoms with Gasteiger partial charge >= 0.3 is 5.97 Å². The maximum absolute atomic E-state index is 16.5. The van der Waals surface area contributed by atoms with E-state index in [4.69, 9.17) is 26.8 Å². The molecule has 9 aromatic carbocycles. The van der Waals surface area contributed by atoms with Crippen molar-refractivity contribution in [3.05, 3.63) is 316 Å². The van der Waals surface area contributed by atoms with E-state index in [1.165, 1.54) is 35.8 Å². The summed E-state index contributed by atoms with van der Waals surface area (Å²) >= 11 is 6.69. The molecule has 3 heterocycles. The van der Waals surface area contributed by atoms with Gasteiger partial charge in [-0.1, -0.05) is 244 Å². The van der Waals surface area contributed by atoms with Gasteiger partial charge in [0, 0.05) is 112 Å². The normalized spacial score (nSPS) is 14.9. The van der Waals surface area contributed by atoms with Gasteiger partial charge < -0.3 is 76.5 Å². The minimum Gasteiger partial charge on any atom is -0.488 e. The van der Waals surface area contributed by atoms with Crippen LogP contribution in [-0.2, 0) is 96.8 Å². The molecule has 11 atom stereocenters. The number of benzene rings is 9. The quantitative estimate of drug-likeness (QED) is 0.0161. The number of likely N-dealkylation sites (tertiary alicyclic amines) is 1. The van der Waals surface area contributed by atoms with Crippen LogP contribution in [0.5, 0.6) is 5.75 Å². The Hall–Kier alpha value is -13.2. The van der Waals surface area contributed by atoms with Crippen LogP contribution < -0.4 is 37.1 Å². The van der Waals surface area contributed by atoms with Crippen molar-refractivity contribution in [3.63, 3.8) is 0 Å². The minimum absolute atomic E-state index is 0.0976. The zero-order valence-electron chi connectivity index (χ0n) is 74.5. The van der Waals surface area contributed by atoms with Crippen LogP contribution in [0.15, 0.2) is 261 Å². The number of hydrogen-bond donors (Lipinski definition) is 9. The molecule has 9 amide bonds. The summed E-state index contributed by atoms with van der Waals surface area (Å²) in [7, 11) is 4.35. The van der Waals surface area contributed by atoms with Crippen LogP contribution in [0.1, 0.15) is 124 Å². The Bertz CT molecular complexity index is 5560. The molecule has 11 aromatic rings. The number of nitrogens with two attached hydrogens (primary N) is 1. The molecule has 0 spiro atoms. The molecule has 1 aliphatic heterocycles. The van der Waals surface area contributed by atoms with Crippen molar-refractivity contribution >= 4 is 92.5 Å². The summed E-state index contributed by atoms with van der Waals surface area (Å²) in [5.41, 5.74) is 12.6. The number of hydrogen-bond acceptors (Lipinski definition) is 13. The molecule has 0 bridgehead atoms. The Morgan fingerprint density at radius 1 is 0.457 bits per heavy atom. The molecule has 2 aromatic heterocycles. The number of carboxylic acids is 1. The van der Waals surface area contributed by atoms with Crippen LogP contribution in [0, 0.1) is 5.92 Å². The van der Waals surface area contributed by atoms with Gasteiger partial charge in [-0.15, -0.1) is 0 Å². The molecular formula is C103H117ClN12O13. The van der Waals surface area contributed by atoms with Gasteiger partial charge in [-0.3, -0.25) is 47.9 Å². The first kappa shape index (κ1) is 94.9. The predicted molar refractivity (Wildman–Crippen MR) is 499 cm³/mol. The number of carboxylic acid groups (broad SMARTS) is 1. The number of aromatic amines is 2. The van der Waals surface area contributed by atoms with Crippen molar-refractivity contribution in [1.82, 2.24) is 56.2 Å². The highest BCUT2D eigenvalue weighted by atomic mass is 35.5. The molecule has 26 heteroatoms. The van der Waals surface area contributed by atoms with Gasteiger partial charge in [0.2, 0.25) is 53.2 Å². The van der Waals surface area contributed by atoms with Crippen LogP contribution in [0.4, 0.5) is 0 Å². The third-order valence-electron chi connectivity index (χ3n) is 24.2. The average molecular weight is 1770 g/mol. The fraction of sp³-hybridized carbons (Fsp3) is 0.340. The Morgan fingerprint density at radius 2 is 0.860 bits per heavy atom. The SMILES string of the molecule is CC[C@H](C)[C@H](NC(=O)[C@H](Cc1ccccc1)N(C)C(=O)[C@H](Cc1c[nH]c2ccccc12)NC(=O)[C@H](Cc1ccccc1)N(C)C(=O)[C@H](Cc1c[nH]c2ccccc12)NC(=O)[C@@H](Cc1ccc(OC(C)(C)C)cc1)NC(=O)[C@H](Cc1cccc(Cl)c1)N(C)C(=O)[C@@H](N)[C@@H](C)OC(c1ccccc1)(c1ccccc1)c1ccccc1)C(=O)N[C@@H](CC(=O)O)C(=O)N1CCCCC1. The fourth-order valence-electron chi connectivity index (χ4n) is 16.9. The van der Waals surface area contributed by atoms with Crippen LogP contribution in [-0.4, -0.2) is 194 Å². The van der Waals surface area contributed by atoms with Crippen LogP contribution in [0.2, 0.25) is 5.02 Å². The average Bonchev–Trinajstić information content (AvgIpc) is 1.44. The number of aliphatic carboxylic acids is 1. The van der Waals surface area contributed by atoms with Crippen LogP contribution in [0.25, 0.3) is 21.8 Å². The molecule has 1 aliphatic rings. The highest BCUT2D eigenvalue weighted by Crippen LogP contribution is 2.42. The van der Waals surface area contributed by atoms with Gasteiger partial charge in [0.05, 0.1) is 12.5 Å². The van der Waals surface area contributed by atoms with Gasteiger partial charge in [0.15, 0.2) is 0 Å². The summed E-state index contributed by atoms with van der Waals surface area (Å²) in [6, 6.07) is 62.6. The number of ether oxygens (including phenoxy) is 2. The molecule has 1 fully saturated rings. The lowest BCUT2D eigenvalue weighted by Gasteiger charge is -2.40.